The SMILES string of the molecule is CCCCc1ccc(C(=O)N(CCOC)CC(=O)N(Cc2ccccc2)Cc2ccc(C)s2)cc1. The molecule has 0 N–H and O–H groups in total. The minimum absolute atomic E-state index is 0.0109. The van der Waals surface area contributed by atoms with E-state index in [1.165, 1.54) is 10.4 Å². The topological polar surface area (TPSA) is 49.9 Å². The minimum Gasteiger partial charge on any atom is -0.383 e. The van der Waals surface area contributed by atoms with Crippen molar-refractivity contribution in [2.75, 3.05) is 26.8 Å². The van der Waals surface area contributed by atoms with E-state index in [-0.39, 0.29) is 18.4 Å². The van der Waals surface area contributed by atoms with E-state index in [2.05, 4.69) is 26.0 Å². The van der Waals surface area contributed by atoms with Gasteiger partial charge in [-0.3, -0.25) is 9.59 Å². The Balaban J connectivity index is 1.76. The molecule has 0 saturated carbocycles. The fourth-order valence-corrected chi connectivity index (χ4v) is 4.80. The number of carbonyl (C=O) groups excluding carboxylic acids is 2. The molecule has 3 rings (SSSR count). The summed E-state index contributed by atoms with van der Waals surface area (Å²) in [6.45, 7) is 5.99. The number of ether oxygens (including phenoxy) is 1. The molecule has 6 heteroatoms. The van der Waals surface area contributed by atoms with E-state index in [9.17, 15) is 9.59 Å². The Labute approximate surface area is 213 Å². The van der Waals surface area contributed by atoms with Crippen molar-refractivity contribution in [3.05, 3.63) is 93.2 Å². The molecule has 0 fully saturated rings. The van der Waals surface area contributed by atoms with Gasteiger partial charge in [-0.25, -0.2) is 0 Å². The molecule has 35 heavy (non-hydrogen) atoms. The highest BCUT2D eigenvalue weighted by Crippen LogP contribution is 2.19. The lowest BCUT2D eigenvalue weighted by atomic mass is 10.1. The number of hydrogen-bond donors (Lipinski definition) is 0. The quantitative estimate of drug-likeness (QED) is 0.307. The van der Waals surface area contributed by atoms with Gasteiger partial charge in [-0.05, 0) is 55.2 Å². The average Bonchev–Trinajstić information content (AvgIpc) is 3.29. The Bertz CT molecular complexity index is 1060. The van der Waals surface area contributed by atoms with E-state index in [0.29, 0.717) is 31.8 Å². The van der Waals surface area contributed by atoms with Crippen LogP contribution >= 0.6 is 11.3 Å². The summed E-state index contributed by atoms with van der Waals surface area (Å²) in [7, 11) is 1.60. The van der Waals surface area contributed by atoms with Crippen molar-refractivity contribution in [3.63, 3.8) is 0 Å². The Morgan fingerprint density at radius 2 is 1.63 bits per heavy atom. The number of methoxy groups -OCH3 is 1. The van der Waals surface area contributed by atoms with Crippen molar-refractivity contribution in [1.29, 1.82) is 0 Å². The molecule has 2 amide bonds. The van der Waals surface area contributed by atoms with Crippen LogP contribution in [0.4, 0.5) is 0 Å². The maximum absolute atomic E-state index is 13.5. The first-order valence-corrected chi connectivity index (χ1v) is 13.1. The Morgan fingerprint density at radius 1 is 0.886 bits per heavy atom. The van der Waals surface area contributed by atoms with Crippen molar-refractivity contribution in [2.45, 2.75) is 46.2 Å². The van der Waals surface area contributed by atoms with E-state index < -0.39 is 0 Å². The van der Waals surface area contributed by atoms with Crippen LogP contribution in [0.15, 0.2) is 66.7 Å². The maximum Gasteiger partial charge on any atom is 0.254 e. The first kappa shape index (κ1) is 26.6. The molecule has 0 bridgehead atoms. The van der Waals surface area contributed by atoms with Crippen molar-refractivity contribution < 1.29 is 14.3 Å². The molecule has 1 heterocycles. The van der Waals surface area contributed by atoms with Gasteiger partial charge in [-0.2, -0.15) is 0 Å². The second kappa shape index (κ2) is 13.8. The fraction of sp³-hybridized carbons (Fsp3) is 0.379. The minimum atomic E-state index is -0.149. The number of amides is 2. The molecule has 0 unspecified atom stereocenters. The van der Waals surface area contributed by atoms with E-state index in [1.54, 1.807) is 23.3 Å². The van der Waals surface area contributed by atoms with E-state index in [4.69, 9.17) is 4.74 Å². The van der Waals surface area contributed by atoms with E-state index >= 15 is 0 Å². The molecule has 0 aliphatic carbocycles. The van der Waals surface area contributed by atoms with Crippen molar-refractivity contribution in [1.82, 2.24) is 9.80 Å². The highest BCUT2D eigenvalue weighted by Gasteiger charge is 2.23. The molecule has 1 aromatic heterocycles. The monoisotopic (exact) mass is 492 g/mol. The standard InChI is InChI=1S/C29H36N2O3S/c1-4-5-9-24-13-15-26(16-14-24)29(33)30(18-19-34-3)22-28(32)31(20-25-10-7-6-8-11-25)21-27-17-12-23(2)35-27/h6-8,10-17H,4-5,9,18-22H2,1-3H3. The van der Waals surface area contributed by atoms with Crippen LogP contribution in [0.25, 0.3) is 0 Å². The molecule has 186 valence electrons. The van der Waals surface area contributed by atoms with Gasteiger partial charge in [0.25, 0.3) is 5.91 Å². The van der Waals surface area contributed by atoms with E-state index in [0.717, 1.165) is 29.7 Å². The van der Waals surface area contributed by atoms with Gasteiger partial charge in [0.15, 0.2) is 0 Å². The third kappa shape index (κ3) is 8.34. The van der Waals surface area contributed by atoms with Crippen LogP contribution in [0.2, 0.25) is 0 Å². The van der Waals surface area contributed by atoms with Crippen LogP contribution in [-0.2, 0) is 29.0 Å². The van der Waals surface area contributed by atoms with Gasteiger partial charge in [0.2, 0.25) is 5.91 Å². The predicted octanol–water partition coefficient (Wildman–Crippen LogP) is 5.72. The molecule has 0 radical (unpaired) electrons. The summed E-state index contributed by atoms with van der Waals surface area (Å²) in [6.07, 6.45) is 3.27. The van der Waals surface area contributed by atoms with Gasteiger partial charge in [-0.15, -0.1) is 11.3 Å². The van der Waals surface area contributed by atoms with Crippen molar-refractivity contribution in [3.8, 4) is 0 Å². The third-order valence-electron chi connectivity index (χ3n) is 5.91. The lowest BCUT2D eigenvalue weighted by Gasteiger charge is -2.27. The predicted molar refractivity (Wildman–Crippen MR) is 143 cm³/mol. The number of nitrogens with zero attached hydrogens (tertiary/aromatic N) is 2. The maximum atomic E-state index is 13.5. The van der Waals surface area contributed by atoms with Gasteiger partial charge < -0.3 is 14.5 Å². The largest absolute Gasteiger partial charge is 0.383 e. The zero-order chi connectivity index (χ0) is 25.0. The van der Waals surface area contributed by atoms with Crippen LogP contribution in [0.1, 0.15) is 51.0 Å². The summed E-state index contributed by atoms with van der Waals surface area (Å²) >= 11 is 1.69. The zero-order valence-corrected chi connectivity index (χ0v) is 21.9. The average molecular weight is 493 g/mol. The van der Waals surface area contributed by atoms with Crippen molar-refractivity contribution >= 4 is 23.2 Å². The highest BCUT2D eigenvalue weighted by molar-refractivity contribution is 7.11. The number of aryl methyl sites for hydroxylation is 2. The number of rotatable bonds is 13. The number of carbonyl (C=O) groups is 2. The van der Waals surface area contributed by atoms with Crippen LogP contribution < -0.4 is 0 Å². The summed E-state index contributed by atoms with van der Waals surface area (Å²) < 4.78 is 5.24. The normalized spacial score (nSPS) is 10.8. The molecule has 0 spiro atoms. The molecule has 0 aliphatic heterocycles. The first-order chi connectivity index (χ1) is 17.0. The molecular formula is C29H36N2O3S. The fourth-order valence-electron chi connectivity index (χ4n) is 3.89. The van der Waals surface area contributed by atoms with Gasteiger partial charge in [0.1, 0.15) is 6.54 Å². The van der Waals surface area contributed by atoms with Crippen LogP contribution in [-0.4, -0.2) is 48.4 Å². The van der Waals surface area contributed by atoms with Gasteiger partial charge in [0, 0.05) is 35.5 Å². The summed E-state index contributed by atoms with van der Waals surface area (Å²) in [5, 5.41) is 0. The Hall–Kier alpha value is -2.96. The lowest BCUT2D eigenvalue weighted by Crippen LogP contribution is -2.43. The first-order valence-electron chi connectivity index (χ1n) is 12.2. The Morgan fingerprint density at radius 3 is 2.26 bits per heavy atom. The third-order valence-corrected chi connectivity index (χ3v) is 6.90. The molecular weight excluding hydrogens is 456 g/mol. The molecule has 2 aromatic carbocycles. The van der Waals surface area contributed by atoms with Gasteiger partial charge in [0.05, 0.1) is 13.2 Å². The van der Waals surface area contributed by atoms with E-state index in [1.807, 2.05) is 59.5 Å². The molecule has 3 aromatic rings. The molecule has 0 aliphatic rings. The summed E-state index contributed by atoms with van der Waals surface area (Å²) in [4.78, 5) is 32.7. The highest BCUT2D eigenvalue weighted by atomic mass is 32.1. The lowest BCUT2D eigenvalue weighted by molar-refractivity contribution is -0.133. The smallest absolute Gasteiger partial charge is 0.254 e. The summed E-state index contributed by atoms with van der Waals surface area (Å²) in [5.74, 6) is -0.229. The summed E-state index contributed by atoms with van der Waals surface area (Å²) in [6, 6.07) is 21.9. The number of hydrogen-bond acceptors (Lipinski definition) is 4. The number of benzene rings is 2. The van der Waals surface area contributed by atoms with Gasteiger partial charge in [-0.1, -0.05) is 55.8 Å². The second-order valence-electron chi connectivity index (χ2n) is 8.77. The van der Waals surface area contributed by atoms with Crippen LogP contribution in [0.5, 0.6) is 0 Å². The second-order valence-corrected chi connectivity index (χ2v) is 10.1. The number of unbranched alkanes of at least 4 members (excludes halogenated alkanes) is 1. The van der Waals surface area contributed by atoms with Gasteiger partial charge >= 0.3 is 0 Å². The van der Waals surface area contributed by atoms with Crippen LogP contribution in [0.3, 0.4) is 0 Å². The zero-order valence-electron chi connectivity index (χ0n) is 21.0. The summed E-state index contributed by atoms with van der Waals surface area (Å²) in [5.41, 5.74) is 2.88. The molecule has 5 nitrogen and oxygen atoms in total. The number of thiophene rings is 1. The van der Waals surface area contributed by atoms with Crippen LogP contribution in [0, 0.1) is 6.92 Å². The molecule has 0 saturated heterocycles. The molecule has 0 atom stereocenters. The Kier molecular flexibility index (Phi) is 10.5. The van der Waals surface area contributed by atoms with Crippen molar-refractivity contribution in [2.24, 2.45) is 0 Å².